The average Bonchev–Trinajstić information content (AvgIpc) is 3.02. The maximum Gasteiger partial charge on any atom is 0.864 e. The molecule has 0 amide bonds. The fourth-order valence-electron chi connectivity index (χ4n) is 4.79. The molecule has 0 spiro atoms. The fourth-order valence-corrected chi connectivity index (χ4v) is 4.79. The molecule has 0 N–H and O–H groups in total. The Balaban J connectivity index is 1.59. The Hall–Kier alpha value is -5.35. The molecule has 0 aromatic heterocycles. The third kappa shape index (κ3) is 5.05. The molecule has 47 heavy (non-hydrogen) atoms. The van der Waals surface area contributed by atoms with Crippen molar-refractivity contribution in [3.8, 4) is 17.2 Å². The highest BCUT2D eigenvalue weighted by atomic mass is 19.2. The predicted molar refractivity (Wildman–Crippen MR) is 139 cm³/mol. The van der Waals surface area contributed by atoms with Gasteiger partial charge in [0.05, 0.1) is 16.2 Å². The second-order valence-electron chi connectivity index (χ2n) is 9.62. The molecule has 6 aromatic rings. The molecule has 0 aliphatic heterocycles. The van der Waals surface area contributed by atoms with Gasteiger partial charge in [-0.05, 0) is 35.7 Å². The molecule has 0 aliphatic carbocycles. The minimum Gasteiger partial charge on any atom is -0.489 e. The van der Waals surface area contributed by atoms with Crippen LogP contribution in [0.1, 0.15) is 0 Å². The topological polar surface area (TPSA) is 27.7 Å². The molecule has 0 aliphatic rings. The first-order valence-corrected chi connectivity index (χ1v) is 12.7. The Labute approximate surface area is 252 Å². The molecule has 0 heterocycles. The summed E-state index contributed by atoms with van der Waals surface area (Å²) in [6.45, 7) is 0. The third-order valence-corrected chi connectivity index (χ3v) is 6.86. The van der Waals surface area contributed by atoms with Crippen molar-refractivity contribution in [3.05, 3.63) is 124 Å². The molecule has 17 heteroatoms. The summed E-state index contributed by atoms with van der Waals surface area (Å²) >= 11 is 0. The van der Waals surface area contributed by atoms with Gasteiger partial charge in [0, 0.05) is 16.8 Å². The summed E-state index contributed by atoms with van der Waals surface area (Å²) < 4.78 is 203. The molecule has 0 saturated heterocycles. The Bertz CT molecular complexity index is 2270. The number of hydrogen-bond donors (Lipinski definition) is 0. The maximum atomic E-state index is 15.4. The number of fused-ring (bicyclic) bond motifs is 3. The minimum atomic E-state index is -3.07. The highest BCUT2D eigenvalue weighted by molar-refractivity contribution is 6.40. The molecular weight excluding hydrogens is 666 g/mol. The Morgan fingerprint density at radius 1 is 0.404 bits per heavy atom. The predicted octanol–water partition coefficient (Wildman–Crippen LogP) is 9.48. The van der Waals surface area contributed by atoms with Crippen LogP contribution in [0.5, 0.6) is 17.2 Å². The van der Waals surface area contributed by atoms with Gasteiger partial charge >= 0.3 is 7.32 Å². The van der Waals surface area contributed by atoms with Crippen LogP contribution in [0.2, 0.25) is 0 Å². The molecule has 0 radical (unpaired) electrons. The van der Waals surface area contributed by atoms with Crippen molar-refractivity contribution in [1.82, 2.24) is 0 Å². The van der Waals surface area contributed by atoms with Crippen molar-refractivity contribution in [2.75, 3.05) is 0 Å². The van der Waals surface area contributed by atoms with E-state index in [-0.39, 0.29) is 11.5 Å². The quantitative estimate of drug-likeness (QED) is 0.0580. The van der Waals surface area contributed by atoms with Gasteiger partial charge in [-0.1, -0.05) is 12.1 Å². The number of hydrogen-bond acceptors (Lipinski definition) is 3. The van der Waals surface area contributed by atoms with Gasteiger partial charge in [0.15, 0.2) is 23.1 Å². The summed E-state index contributed by atoms with van der Waals surface area (Å²) in [7, 11) is -3.07. The summed E-state index contributed by atoms with van der Waals surface area (Å²) in [4.78, 5) is 0. The van der Waals surface area contributed by atoms with Crippen molar-refractivity contribution in [3.63, 3.8) is 0 Å². The molecule has 0 atom stereocenters. The molecule has 6 rings (SSSR count). The van der Waals surface area contributed by atoms with Crippen LogP contribution in [0.25, 0.3) is 32.3 Å². The van der Waals surface area contributed by atoms with Crippen LogP contribution in [0, 0.1) is 75.6 Å². The van der Waals surface area contributed by atoms with E-state index in [1.165, 1.54) is 0 Å². The zero-order valence-electron chi connectivity index (χ0n) is 22.3. The van der Waals surface area contributed by atoms with Crippen LogP contribution in [0.3, 0.4) is 0 Å². The molecule has 0 saturated carbocycles. The number of halogens is 13. The van der Waals surface area contributed by atoms with Crippen LogP contribution >= 0.6 is 0 Å². The Morgan fingerprint density at radius 3 is 1.66 bits per heavy atom. The fraction of sp³-hybridized carbons (Fsp3) is 0. The lowest BCUT2D eigenvalue weighted by Gasteiger charge is -2.20. The van der Waals surface area contributed by atoms with Crippen molar-refractivity contribution >= 4 is 39.6 Å². The number of benzene rings is 6. The molecule has 0 bridgehead atoms. The molecule has 0 unspecified atom stereocenters. The van der Waals surface area contributed by atoms with E-state index in [1.54, 1.807) is 0 Å². The van der Waals surface area contributed by atoms with E-state index >= 15 is 8.78 Å². The molecule has 3 nitrogen and oxygen atoms in total. The van der Waals surface area contributed by atoms with Crippen LogP contribution in [-0.4, -0.2) is 7.32 Å². The second kappa shape index (κ2) is 11.5. The lowest BCUT2D eigenvalue weighted by Crippen LogP contribution is -2.38. The first-order chi connectivity index (χ1) is 22.2. The zero-order valence-corrected chi connectivity index (χ0v) is 22.3. The van der Waals surface area contributed by atoms with Gasteiger partial charge < -0.3 is 14.0 Å². The van der Waals surface area contributed by atoms with Gasteiger partial charge in [-0.2, -0.15) is 13.2 Å². The highest BCUT2D eigenvalue weighted by Crippen LogP contribution is 2.40. The van der Waals surface area contributed by atoms with E-state index in [2.05, 4.69) is 0 Å². The van der Waals surface area contributed by atoms with Gasteiger partial charge in [0.1, 0.15) is 34.8 Å². The van der Waals surface area contributed by atoms with E-state index < -0.39 is 127 Å². The van der Waals surface area contributed by atoms with E-state index in [0.717, 1.165) is 18.2 Å². The van der Waals surface area contributed by atoms with Crippen molar-refractivity contribution < 1.29 is 71.0 Å². The van der Waals surface area contributed by atoms with Gasteiger partial charge in [0.2, 0.25) is 34.9 Å². The molecule has 240 valence electrons. The first-order valence-electron chi connectivity index (χ1n) is 12.7. The zero-order chi connectivity index (χ0) is 34.1. The van der Waals surface area contributed by atoms with Gasteiger partial charge in [0.25, 0.3) is 0 Å². The standard InChI is InChI=1S/C30H8BF13O3/c32-10-7-11-16(5-4-14(34)18(11)15(35)8-10)45-31(47-30-27(43)24(40)23(39)25(41)28(30)44)46-29-12-6-9-2-1-3-13(33)17(9)20(36)19(12)21(37)22(38)26(29)42/h1-8H. The number of rotatable bonds is 6. The summed E-state index contributed by atoms with van der Waals surface area (Å²) in [5.74, 6) is -31.8. The molecular formula is C30H8BF13O3. The van der Waals surface area contributed by atoms with Crippen LogP contribution in [0.4, 0.5) is 57.1 Å². The summed E-state index contributed by atoms with van der Waals surface area (Å²) in [6.07, 6.45) is 0. The van der Waals surface area contributed by atoms with Crippen LogP contribution in [0.15, 0.2) is 48.5 Å². The lowest BCUT2D eigenvalue weighted by molar-refractivity contribution is 0.273. The van der Waals surface area contributed by atoms with Crippen molar-refractivity contribution in [2.45, 2.75) is 0 Å². The van der Waals surface area contributed by atoms with E-state index in [4.69, 9.17) is 14.0 Å². The summed E-state index contributed by atoms with van der Waals surface area (Å²) in [5.41, 5.74) is 0. The van der Waals surface area contributed by atoms with Gasteiger partial charge in [-0.25, -0.2) is 43.9 Å². The molecule has 6 aromatic carbocycles. The van der Waals surface area contributed by atoms with Crippen LogP contribution < -0.4 is 14.0 Å². The monoisotopic (exact) mass is 674 g/mol. The van der Waals surface area contributed by atoms with Crippen molar-refractivity contribution in [1.29, 1.82) is 0 Å². The summed E-state index contributed by atoms with van der Waals surface area (Å²) in [5, 5.41) is -5.49. The van der Waals surface area contributed by atoms with E-state index in [0.29, 0.717) is 24.3 Å². The smallest absolute Gasteiger partial charge is 0.489 e. The summed E-state index contributed by atoms with van der Waals surface area (Å²) in [6, 6.07) is 5.39. The maximum absolute atomic E-state index is 15.4. The molecule has 0 fully saturated rings. The Morgan fingerprint density at radius 2 is 0.979 bits per heavy atom. The van der Waals surface area contributed by atoms with Crippen molar-refractivity contribution in [2.24, 2.45) is 0 Å². The van der Waals surface area contributed by atoms with Gasteiger partial charge in [-0.3, -0.25) is 0 Å². The average molecular weight is 674 g/mol. The lowest BCUT2D eigenvalue weighted by atomic mass is 10.00. The van der Waals surface area contributed by atoms with Crippen LogP contribution in [-0.2, 0) is 0 Å². The minimum absolute atomic E-state index is 0.249. The largest absolute Gasteiger partial charge is 0.864 e. The normalized spacial score (nSPS) is 11.5. The third-order valence-electron chi connectivity index (χ3n) is 6.86. The van der Waals surface area contributed by atoms with E-state index in [9.17, 15) is 48.3 Å². The first kappa shape index (κ1) is 31.6. The highest BCUT2D eigenvalue weighted by Gasteiger charge is 2.39. The second-order valence-corrected chi connectivity index (χ2v) is 9.62. The van der Waals surface area contributed by atoms with Gasteiger partial charge in [-0.15, -0.1) is 0 Å². The Kier molecular flexibility index (Phi) is 7.72. The van der Waals surface area contributed by atoms with E-state index in [1.807, 2.05) is 0 Å². The SMILES string of the molecule is Fc1cc(F)c2c(F)ccc(OB(Oc3c(F)c(F)c(F)c(F)c3F)Oc3c(F)c(F)c(F)c4c(F)c5c(F)cccc5cc34)c2c1.